The van der Waals surface area contributed by atoms with Crippen LogP contribution in [0.5, 0.6) is 0 Å². The summed E-state index contributed by atoms with van der Waals surface area (Å²) in [5, 5.41) is 6.34. The maximum Gasteiger partial charge on any atom is 0.339 e. The van der Waals surface area contributed by atoms with E-state index in [4.69, 9.17) is 4.74 Å². The van der Waals surface area contributed by atoms with Crippen LogP contribution in [0.1, 0.15) is 36.5 Å². The van der Waals surface area contributed by atoms with Gasteiger partial charge in [0, 0.05) is 12.7 Å². The van der Waals surface area contributed by atoms with Crippen molar-refractivity contribution in [3.63, 3.8) is 0 Å². The van der Waals surface area contributed by atoms with Crippen molar-refractivity contribution in [3.05, 3.63) is 42.1 Å². The van der Waals surface area contributed by atoms with Crippen molar-refractivity contribution in [2.24, 2.45) is 0 Å². The molecule has 0 aliphatic heterocycles. The number of carbonyl (C=O) groups is 1. The number of para-hydroxylation sites is 1. The van der Waals surface area contributed by atoms with Crippen LogP contribution in [0.3, 0.4) is 0 Å². The van der Waals surface area contributed by atoms with Gasteiger partial charge in [-0.05, 0) is 24.6 Å². The highest BCUT2D eigenvalue weighted by atomic mass is 16.5. The van der Waals surface area contributed by atoms with Crippen molar-refractivity contribution in [2.75, 3.05) is 24.3 Å². The third-order valence-electron chi connectivity index (χ3n) is 3.32. The Balaban J connectivity index is 2.07. The Kier molecular flexibility index (Phi) is 6.35. The van der Waals surface area contributed by atoms with Crippen molar-refractivity contribution >= 4 is 23.4 Å². The average molecular weight is 314 g/mol. The van der Waals surface area contributed by atoms with Crippen LogP contribution in [0, 0.1) is 0 Å². The van der Waals surface area contributed by atoms with Gasteiger partial charge in [-0.15, -0.1) is 0 Å². The number of nitrogens with zero attached hydrogens (tertiary/aromatic N) is 2. The highest BCUT2D eigenvalue weighted by Crippen LogP contribution is 2.20. The van der Waals surface area contributed by atoms with Crippen molar-refractivity contribution in [2.45, 2.75) is 26.2 Å². The van der Waals surface area contributed by atoms with E-state index in [0.29, 0.717) is 17.2 Å². The minimum Gasteiger partial charge on any atom is -0.465 e. The summed E-state index contributed by atoms with van der Waals surface area (Å²) in [4.78, 5) is 20.4. The lowest BCUT2D eigenvalue weighted by atomic mass is 10.2. The average Bonchev–Trinajstić information content (AvgIpc) is 2.59. The lowest BCUT2D eigenvalue weighted by Gasteiger charge is -2.10. The second-order valence-electron chi connectivity index (χ2n) is 5.06. The van der Waals surface area contributed by atoms with Crippen molar-refractivity contribution in [1.82, 2.24) is 9.97 Å². The highest BCUT2D eigenvalue weighted by Gasteiger charge is 2.11. The third-order valence-corrected chi connectivity index (χ3v) is 3.32. The van der Waals surface area contributed by atoms with Crippen LogP contribution in [0.4, 0.5) is 17.5 Å². The molecule has 122 valence electrons. The molecule has 2 aromatic rings. The van der Waals surface area contributed by atoms with Gasteiger partial charge in [0.25, 0.3) is 0 Å². The zero-order valence-electron chi connectivity index (χ0n) is 13.5. The molecule has 0 unspecified atom stereocenters. The van der Waals surface area contributed by atoms with Gasteiger partial charge in [-0.3, -0.25) is 0 Å². The molecular formula is C17H22N4O2. The van der Waals surface area contributed by atoms with Gasteiger partial charge >= 0.3 is 5.97 Å². The second kappa shape index (κ2) is 8.73. The first-order valence-electron chi connectivity index (χ1n) is 7.76. The molecule has 2 rings (SSSR count). The lowest BCUT2D eigenvalue weighted by molar-refractivity contribution is 0.0602. The number of nitrogens with one attached hydrogen (secondary N) is 2. The molecule has 6 nitrogen and oxygen atoms in total. The molecule has 0 aliphatic carbocycles. The molecule has 0 spiro atoms. The fourth-order valence-electron chi connectivity index (χ4n) is 2.11. The summed E-state index contributed by atoms with van der Waals surface area (Å²) in [6.07, 6.45) is 5.16. The number of carbonyl (C=O) groups excluding carboxylic acids is 1. The second-order valence-corrected chi connectivity index (χ2v) is 5.06. The number of esters is 1. The Labute approximate surface area is 136 Å². The van der Waals surface area contributed by atoms with E-state index in [9.17, 15) is 4.79 Å². The molecule has 6 heteroatoms. The van der Waals surface area contributed by atoms with E-state index >= 15 is 0 Å². The standard InChI is InChI=1S/C17H22N4O2/c1-3-4-7-11-18-15-10-12-19-17(21-15)20-14-9-6-5-8-13(14)16(22)23-2/h5-6,8-10,12H,3-4,7,11H2,1-2H3,(H2,18,19,20,21). The van der Waals surface area contributed by atoms with E-state index in [1.807, 2.05) is 12.1 Å². The fourth-order valence-corrected chi connectivity index (χ4v) is 2.11. The maximum absolute atomic E-state index is 11.8. The molecule has 0 bridgehead atoms. The molecule has 0 aliphatic rings. The molecule has 0 atom stereocenters. The van der Waals surface area contributed by atoms with Gasteiger partial charge in [-0.2, -0.15) is 4.98 Å². The van der Waals surface area contributed by atoms with E-state index in [1.165, 1.54) is 20.0 Å². The smallest absolute Gasteiger partial charge is 0.339 e. The monoisotopic (exact) mass is 314 g/mol. The van der Waals surface area contributed by atoms with Crippen LogP contribution < -0.4 is 10.6 Å². The van der Waals surface area contributed by atoms with Gasteiger partial charge < -0.3 is 15.4 Å². The first kappa shape index (κ1) is 16.7. The molecule has 1 aromatic heterocycles. The molecule has 0 saturated carbocycles. The third kappa shape index (κ3) is 4.95. The van der Waals surface area contributed by atoms with Crippen LogP contribution in [0.25, 0.3) is 0 Å². The molecule has 0 radical (unpaired) electrons. The highest BCUT2D eigenvalue weighted by molar-refractivity contribution is 5.96. The van der Waals surface area contributed by atoms with Gasteiger partial charge in [-0.25, -0.2) is 9.78 Å². The molecule has 2 N–H and O–H groups in total. The molecule has 1 aromatic carbocycles. The van der Waals surface area contributed by atoms with Crippen LogP contribution in [-0.4, -0.2) is 29.6 Å². The van der Waals surface area contributed by atoms with Crippen molar-refractivity contribution < 1.29 is 9.53 Å². The summed E-state index contributed by atoms with van der Waals surface area (Å²) < 4.78 is 4.78. The van der Waals surface area contributed by atoms with Gasteiger partial charge in [0.15, 0.2) is 0 Å². The van der Waals surface area contributed by atoms with Crippen LogP contribution in [0.15, 0.2) is 36.5 Å². The van der Waals surface area contributed by atoms with E-state index in [0.717, 1.165) is 18.8 Å². The van der Waals surface area contributed by atoms with Crippen LogP contribution in [-0.2, 0) is 4.74 Å². The number of anilines is 3. The predicted octanol–water partition coefficient (Wildman–Crippen LogP) is 3.61. The summed E-state index contributed by atoms with van der Waals surface area (Å²) in [6, 6.07) is 8.92. The van der Waals surface area contributed by atoms with E-state index in [2.05, 4.69) is 27.5 Å². The molecule has 1 heterocycles. The van der Waals surface area contributed by atoms with Crippen LogP contribution >= 0.6 is 0 Å². The Morgan fingerprint density at radius 3 is 2.83 bits per heavy atom. The van der Waals surface area contributed by atoms with Crippen molar-refractivity contribution in [1.29, 1.82) is 0 Å². The molecule has 0 amide bonds. The first-order valence-corrected chi connectivity index (χ1v) is 7.76. The van der Waals surface area contributed by atoms with E-state index in [-0.39, 0.29) is 0 Å². The Bertz CT molecular complexity index is 646. The quantitative estimate of drug-likeness (QED) is 0.572. The number of benzene rings is 1. The Hall–Kier alpha value is -2.63. The SMILES string of the molecule is CCCCCNc1ccnc(Nc2ccccc2C(=O)OC)n1. The number of ether oxygens (including phenoxy) is 1. The number of rotatable bonds is 8. The summed E-state index contributed by atoms with van der Waals surface area (Å²) in [7, 11) is 1.36. The molecule has 0 fully saturated rings. The zero-order chi connectivity index (χ0) is 16.5. The molecule has 23 heavy (non-hydrogen) atoms. The summed E-state index contributed by atoms with van der Waals surface area (Å²) in [5.41, 5.74) is 1.06. The summed E-state index contributed by atoms with van der Waals surface area (Å²) in [5.74, 6) is 0.790. The van der Waals surface area contributed by atoms with Crippen LogP contribution in [0.2, 0.25) is 0 Å². The van der Waals surface area contributed by atoms with Crippen molar-refractivity contribution in [3.8, 4) is 0 Å². The Morgan fingerprint density at radius 1 is 1.22 bits per heavy atom. The number of hydrogen-bond acceptors (Lipinski definition) is 6. The van der Waals surface area contributed by atoms with Gasteiger partial charge in [-0.1, -0.05) is 31.9 Å². The van der Waals surface area contributed by atoms with Gasteiger partial charge in [0.1, 0.15) is 5.82 Å². The Morgan fingerprint density at radius 2 is 2.04 bits per heavy atom. The van der Waals surface area contributed by atoms with E-state index < -0.39 is 5.97 Å². The topological polar surface area (TPSA) is 76.1 Å². The minimum absolute atomic E-state index is 0.401. The zero-order valence-corrected chi connectivity index (χ0v) is 13.5. The van der Waals surface area contributed by atoms with Gasteiger partial charge in [0.05, 0.1) is 18.4 Å². The number of methoxy groups -OCH3 is 1. The molecule has 0 saturated heterocycles. The number of unbranched alkanes of at least 4 members (excludes halogenated alkanes) is 2. The normalized spacial score (nSPS) is 10.2. The maximum atomic E-state index is 11.8. The van der Waals surface area contributed by atoms with Gasteiger partial charge in [0.2, 0.25) is 5.95 Å². The predicted molar refractivity (Wildman–Crippen MR) is 91.1 cm³/mol. The number of hydrogen-bond donors (Lipinski definition) is 2. The summed E-state index contributed by atoms with van der Waals surface area (Å²) >= 11 is 0. The first-order chi connectivity index (χ1) is 11.2. The lowest BCUT2D eigenvalue weighted by Crippen LogP contribution is -2.08. The fraction of sp³-hybridized carbons (Fsp3) is 0.353. The summed E-state index contributed by atoms with van der Waals surface area (Å²) in [6.45, 7) is 3.05. The minimum atomic E-state index is -0.401. The molecular weight excluding hydrogens is 292 g/mol. The largest absolute Gasteiger partial charge is 0.465 e. The number of aromatic nitrogens is 2. The van der Waals surface area contributed by atoms with E-state index in [1.54, 1.807) is 24.4 Å².